The molecule has 0 aliphatic heterocycles. The zero-order valence-electron chi connectivity index (χ0n) is 13.1. The Hall–Kier alpha value is -0.160. The molecule has 110 valence electrons. The van der Waals surface area contributed by atoms with Crippen molar-refractivity contribution < 1.29 is 8.97 Å². The van der Waals surface area contributed by atoms with Crippen LogP contribution in [0, 0.1) is 0 Å². The molecule has 0 heterocycles. The molecule has 4 N–H and O–H groups in total. The molecule has 0 aliphatic carbocycles. The van der Waals surface area contributed by atoms with Crippen LogP contribution < -0.4 is 11.5 Å². The van der Waals surface area contributed by atoms with Gasteiger partial charge in [-0.15, -0.1) is 0 Å². The third-order valence-electron chi connectivity index (χ3n) is 3.60. The minimum Gasteiger partial charge on any atom is -0.331 e. The van der Waals surface area contributed by atoms with Crippen LogP contribution in [0.3, 0.4) is 0 Å². The first-order valence-corrected chi connectivity index (χ1v) is 7.37. The van der Waals surface area contributed by atoms with Crippen LogP contribution >= 0.6 is 0 Å². The molecular weight excluding hydrogens is 224 g/mol. The van der Waals surface area contributed by atoms with Crippen LogP contribution in [0.4, 0.5) is 0 Å². The van der Waals surface area contributed by atoms with E-state index in [1.165, 1.54) is 38.9 Å². The first-order valence-electron chi connectivity index (χ1n) is 7.37. The van der Waals surface area contributed by atoms with Gasteiger partial charge in [0.15, 0.2) is 0 Å². The molecule has 4 heteroatoms. The van der Waals surface area contributed by atoms with Gasteiger partial charge in [0.25, 0.3) is 0 Å². The lowest BCUT2D eigenvalue weighted by atomic mass is 10.2. The van der Waals surface area contributed by atoms with E-state index in [4.69, 9.17) is 11.5 Å². The average molecular weight is 260 g/mol. The Bertz CT molecular complexity index is 200. The summed E-state index contributed by atoms with van der Waals surface area (Å²) in [7, 11) is 9.10. The monoisotopic (exact) mass is 260 g/mol. The van der Waals surface area contributed by atoms with E-state index < -0.39 is 0 Å². The van der Waals surface area contributed by atoms with Gasteiger partial charge in [0.2, 0.25) is 0 Å². The summed E-state index contributed by atoms with van der Waals surface area (Å²) in [5.74, 6) is 0. The number of hydrogen-bond acceptors (Lipinski definition) is 2. The molecule has 0 rings (SSSR count). The summed E-state index contributed by atoms with van der Waals surface area (Å²) in [6.45, 7) is 6.33. The summed E-state index contributed by atoms with van der Waals surface area (Å²) >= 11 is 0. The summed E-state index contributed by atoms with van der Waals surface area (Å²) in [6.07, 6.45) is 5.07. The smallest absolute Gasteiger partial charge is 0.0909 e. The molecule has 4 nitrogen and oxygen atoms in total. The van der Waals surface area contributed by atoms with E-state index in [0.717, 1.165) is 35.0 Å². The van der Waals surface area contributed by atoms with E-state index in [1.54, 1.807) is 0 Å². The number of likely N-dealkylation sites (N-methyl/N-ethyl adjacent to an activating group) is 1. The van der Waals surface area contributed by atoms with Crippen molar-refractivity contribution in [2.24, 2.45) is 11.5 Å². The highest BCUT2D eigenvalue weighted by Crippen LogP contribution is 2.08. The Morgan fingerprint density at radius 2 is 1.17 bits per heavy atom. The molecule has 0 aromatic rings. The molecule has 0 aromatic heterocycles. The molecule has 1 atom stereocenters. The van der Waals surface area contributed by atoms with Crippen molar-refractivity contribution in [1.29, 1.82) is 0 Å². The number of hydrogen-bond donors (Lipinski definition) is 2. The summed E-state index contributed by atoms with van der Waals surface area (Å²) in [5, 5.41) is 0. The molecule has 0 aliphatic rings. The minimum absolute atomic E-state index is 0.778. The lowest BCUT2D eigenvalue weighted by Crippen LogP contribution is -2.49. The van der Waals surface area contributed by atoms with E-state index >= 15 is 0 Å². The van der Waals surface area contributed by atoms with Crippen molar-refractivity contribution in [2.75, 3.05) is 67.5 Å². The van der Waals surface area contributed by atoms with Crippen molar-refractivity contribution in [1.82, 2.24) is 0 Å². The normalized spacial score (nSPS) is 15.7. The summed E-state index contributed by atoms with van der Waals surface area (Å²) in [5.41, 5.74) is 11.3. The van der Waals surface area contributed by atoms with Gasteiger partial charge in [-0.25, -0.2) is 0 Å². The van der Waals surface area contributed by atoms with Crippen molar-refractivity contribution >= 4 is 0 Å². The zero-order chi connectivity index (χ0) is 14.1. The van der Waals surface area contributed by atoms with Gasteiger partial charge in [0, 0.05) is 13.0 Å². The van der Waals surface area contributed by atoms with Crippen LogP contribution in [-0.4, -0.2) is 76.4 Å². The van der Waals surface area contributed by atoms with Gasteiger partial charge in [0.05, 0.1) is 54.4 Å². The van der Waals surface area contributed by atoms with Crippen LogP contribution in [0.15, 0.2) is 0 Å². The van der Waals surface area contributed by atoms with Crippen LogP contribution in [0.5, 0.6) is 0 Å². The topological polar surface area (TPSA) is 52.0 Å². The van der Waals surface area contributed by atoms with E-state index in [2.05, 4.69) is 28.2 Å². The average Bonchev–Trinajstić information content (AvgIpc) is 2.25. The van der Waals surface area contributed by atoms with Crippen molar-refractivity contribution in [3.05, 3.63) is 0 Å². The van der Waals surface area contributed by atoms with Crippen LogP contribution in [0.2, 0.25) is 0 Å². The summed E-state index contributed by atoms with van der Waals surface area (Å²) in [6, 6.07) is 0. The van der Waals surface area contributed by atoms with Gasteiger partial charge in [-0.2, -0.15) is 0 Å². The maximum atomic E-state index is 5.72. The second kappa shape index (κ2) is 8.86. The Morgan fingerprint density at radius 3 is 1.67 bits per heavy atom. The summed E-state index contributed by atoms with van der Waals surface area (Å²) < 4.78 is 2.17. The van der Waals surface area contributed by atoms with E-state index in [0.29, 0.717) is 0 Å². The number of nitrogens with zero attached hydrogens (tertiary/aromatic N) is 2. The third kappa shape index (κ3) is 9.83. The maximum absolute atomic E-state index is 5.72. The van der Waals surface area contributed by atoms with Crippen molar-refractivity contribution in [3.8, 4) is 0 Å². The van der Waals surface area contributed by atoms with Crippen LogP contribution in [-0.2, 0) is 0 Å². The quantitative estimate of drug-likeness (QED) is 0.423. The maximum Gasteiger partial charge on any atom is 0.0909 e. The molecule has 1 unspecified atom stereocenters. The van der Waals surface area contributed by atoms with Gasteiger partial charge >= 0.3 is 0 Å². The fourth-order valence-electron chi connectivity index (χ4n) is 2.38. The second-order valence-corrected chi connectivity index (χ2v) is 6.80. The molecule has 18 heavy (non-hydrogen) atoms. The van der Waals surface area contributed by atoms with E-state index in [9.17, 15) is 0 Å². The first kappa shape index (κ1) is 17.8. The predicted octanol–water partition coefficient (Wildman–Crippen LogP) is 0.617. The molecule has 0 spiro atoms. The van der Waals surface area contributed by atoms with Gasteiger partial charge in [0.1, 0.15) is 0 Å². The SMILES string of the molecule is C[N+](C)(C)CCCCC[N+](C)(CCN)CCCN. The molecule has 0 amide bonds. The molecular formula is C14H36N4+2. The van der Waals surface area contributed by atoms with Crippen LogP contribution in [0.25, 0.3) is 0 Å². The molecule has 0 aromatic carbocycles. The van der Waals surface area contributed by atoms with Crippen molar-refractivity contribution in [3.63, 3.8) is 0 Å². The highest BCUT2D eigenvalue weighted by molar-refractivity contribution is 4.47. The fourth-order valence-corrected chi connectivity index (χ4v) is 2.38. The molecule has 0 bridgehead atoms. The lowest BCUT2D eigenvalue weighted by Gasteiger charge is -2.34. The van der Waals surface area contributed by atoms with Gasteiger partial charge < -0.3 is 20.4 Å². The minimum atomic E-state index is 0.778. The molecule has 0 radical (unpaired) electrons. The molecule has 0 saturated heterocycles. The standard InChI is InChI=1S/C14H36N4/c1-17(2,3)11-6-5-7-12-18(4,14-10-16)13-8-9-15/h5-16H2,1-4H3/q+2. The molecule has 0 saturated carbocycles. The third-order valence-corrected chi connectivity index (χ3v) is 3.60. The largest absolute Gasteiger partial charge is 0.331 e. The van der Waals surface area contributed by atoms with Gasteiger partial charge in [-0.1, -0.05) is 0 Å². The molecule has 0 fully saturated rings. The summed E-state index contributed by atoms with van der Waals surface area (Å²) in [4.78, 5) is 0. The van der Waals surface area contributed by atoms with E-state index in [1.807, 2.05) is 0 Å². The number of rotatable bonds is 11. The lowest BCUT2D eigenvalue weighted by molar-refractivity contribution is -0.908. The zero-order valence-corrected chi connectivity index (χ0v) is 13.1. The first-order chi connectivity index (χ1) is 8.33. The number of unbranched alkanes of at least 4 members (excludes halogenated alkanes) is 2. The highest BCUT2D eigenvalue weighted by atomic mass is 15.3. The van der Waals surface area contributed by atoms with Crippen molar-refractivity contribution in [2.45, 2.75) is 25.7 Å². The fraction of sp³-hybridized carbons (Fsp3) is 1.00. The van der Waals surface area contributed by atoms with Gasteiger partial charge in [-0.3, -0.25) is 0 Å². The Morgan fingerprint density at radius 1 is 0.611 bits per heavy atom. The number of nitrogens with two attached hydrogens (primary N) is 2. The predicted molar refractivity (Wildman–Crippen MR) is 80.3 cm³/mol. The van der Waals surface area contributed by atoms with Crippen LogP contribution in [0.1, 0.15) is 25.7 Å². The Kier molecular flexibility index (Phi) is 8.78. The Balaban J connectivity index is 3.82. The van der Waals surface area contributed by atoms with Gasteiger partial charge in [-0.05, 0) is 25.8 Å². The highest BCUT2D eigenvalue weighted by Gasteiger charge is 2.19. The van der Waals surface area contributed by atoms with E-state index in [-0.39, 0.29) is 0 Å². The number of quaternary nitrogens is 2. The Labute approximate surface area is 114 Å². The second-order valence-electron chi connectivity index (χ2n) is 6.80.